The highest BCUT2D eigenvalue weighted by Gasteiger charge is 2.26. The van der Waals surface area contributed by atoms with E-state index in [4.69, 9.17) is 0 Å². The van der Waals surface area contributed by atoms with Gasteiger partial charge in [-0.05, 0) is 11.8 Å². The molecule has 0 saturated heterocycles. The first-order valence-corrected chi connectivity index (χ1v) is 5.92. The van der Waals surface area contributed by atoms with Gasteiger partial charge in [-0.3, -0.25) is 9.59 Å². The molecule has 0 aliphatic rings. The van der Waals surface area contributed by atoms with Gasteiger partial charge in [0.05, 0.1) is 0 Å². The zero-order chi connectivity index (χ0) is 12.2. The van der Waals surface area contributed by atoms with E-state index in [1.807, 2.05) is 27.7 Å². The summed E-state index contributed by atoms with van der Waals surface area (Å²) in [4.78, 5) is 22.7. The van der Waals surface area contributed by atoms with Gasteiger partial charge in [-0.15, -0.1) is 0 Å². The van der Waals surface area contributed by atoms with E-state index >= 15 is 0 Å². The lowest BCUT2D eigenvalue weighted by Gasteiger charge is -2.16. The molecule has 0 aromatic heterocycles. The zero-order valence-corrected chi connectivity index (χ0v) is 11.2. The van der Waals surface area contributed by atoms with Crippen molar-refractivity contribution in [3.8, 4) is 0 Å². The van der Waals surface area contributed by atoms with Crippen LogP contribution in [-0.2, 0) is 14.3 Å². The molecule has 88 valence electrons. The first-order chi connectivity index (χ1) is 6.77. The molecule has 3 nitrogen and oxygen atoms in total. The van der Waals surface area contributed by atoms with E-state index < -0.39 is 22.4 Å². The molecule has 0 aromatic carbocycles. The zero-order valence-electron chi connectivity index (χ0n) is 9.43. The average molecular weight is 250 g/mol. The third-order valence-corrected chi connectivity index (χ3v) is 3.56. The Morgan fingerprint density at radius 1 is 0.867 bits per heavy atom. The standard InChI is InChI=1S/C10H18O3S2/c1-5(2)7(14)9(11)13-10(12)8(15)6(3)4/h5-8,14-15H,1-4H3. The second kappa shape index (κ2) is 6.43. The summed E-state index contributed by atoms with van der Waals surface area (Å²) >= 11 is 8.13. The predicted molar refractivity (Wildman–Crippen MR) is 66.3 cm³/mol. The molecule has 0 amide bonds. The highest BCUT2D eigenvalue weighted by molar-refractivity contribution is 7.82. The van der Waals surface area contributed by atoms with E-state index in [2.05, 4.69) is 30.0 Å². The summed E-state index contributed by atoms with van der Waals surface area (Å²) in [5.74, 6) is -1.13. The predicted octanol–water partition coefficient (Wildman–Crippen LogP) is 1.96. The van der Waals surface area contributed by atoms with Crippen LogP contribution in [0, 0.1) is 11.8 Å². The second-order valence-electron chi connectivity index (χ2n) is 4.12. The topological polar surface area (TPSA) is 43.4 Å². The van der Waals surface area contributed by atoms with Crippen LogP contribution in [0.1, 0.15) is 27.7 Å². The smallest absolute Gasteiger partial charge is 0.326 e. The molecular weight excluding hydrogens is 232 g/mol. The Kier molecular flexibility index (Phi) is 6.36. The molecule has 0 radical (unpaired) electrons. The molecule has 15 heavy (non-hydrogen) atoms. The fourth-order valence-electron chi connectivity index (χ4n) is 0.764. The van der Waals surface area contributed by atoms with E-state index in [0.29, 0.717) is 0 Å². The third-order valence-electron chi connectivity index (χ3n) is 1.95. The average Bonchev–Trinajstić information content (AvgIpc) is 2.14. The van der Waals surface area contributed by atoms with Crippen molar-refractivity contribution in [1.29, 1.82) is 0 Å². The van der Waals surface area contributed by atoms with Gasteiger partial charge in [-0.2, -0.15) is 25.3 Å². The molecule has 0 saturated carbocycles. The van der Waals surface area contributed by atoms with E-state index in [9.17, 15) is 9.59 Å². The van der Waals surface area contributed by atoms with Gasteiger partial charge in [0.15, 0.2) is 0 Å². The minimum absolute atomic E-state index is 0.0334. The first-order valence-electron chi connectivity index (χ1n) is 4.89. The molecule has 0 aliphatic carbocycles. The number of hydrogen-bond donors (Lipinski definition) is 2. The summed E-state index contributed by atoms with van der Waals surface area (Å²) in [6.45, 7) is 7.35. The summed E-state index contributed by atoms with van der Waals surface area (Å²) in [6, 6.07) is 0. The lowest BCUT2D eigenvalue weighted by molar-refractivity contribution is -0.159. The van der Waals surface area contributed by atoms with Crippen molar-refractivity contribution in [2.24, 2.45) is 11.8 Å². The summed E-state index contributed by atoms with van der Waals surface area (Å²) in [5.41, 5.74) is 0. The second-order valence-corrected chi connectivity index (χ2v) is 5.23. The van der Waals surface area contributed by atoms with E-state index in [0.717, 1.165) is 0 Å². The maximum atomic E-state index is 11.4. The Morgan fingerprint density at radius 3 is 1.33 bits per heavy atom. The molecule has 0 rings (SSSR count). The van der Waals surface area contributed by atoms with Crippen molar-refractivity contribution in [1.82, 2.24) is 0 Å². The minimum atomic E-state index is -0.599. The van der Waals surface area contributed by atoms with Crippen LogP contribution in [0.3, 0.4) is 0 Å². The van der Waals surface area contributed by atoms with Gasteiger partial charge in [0.1, 0.15) is 10.5 Å². The van der Waals surface area contributed by atoms with Gasteiger partial charge in [-0.25, -0.2) is 0 Å². The maximum Gasteiger partial charge on any atom is 0.326 e. The van der Waals surface area contributed by atoms with Crippen LogP contribution in [-0.4, -0.2) is 22.4 Å². The number of carbonyl (C=O) groups excluding carboxylic acids is 2. The fraction of sp³-hybridized carbons (Fsp3) is 0.800. The Morgan fingerprint density at radius 2 is 1.13 bits per heavy atom. The Balaban J connectivity index is 4.25. The SMILES string of the molecule is CC(C)C(S)C(=O)OC(=O)C(S)C(C)C. The van der Waals surface area contributed by atoms with Crippen LogP contribution in [0.2, 0.25) is 0 Å². The van der Waals surface area contributed by atoms with Crippen molar-refractivity contribution in [2.45, 2.75) is 38.2 Å². The van der Waals surface area contributed by atoms with Crippen molar-refractivity contribution in [3.05, 3.63) is 0 Å². The van der Waals surface area contributed by atoms with Crippen LogP contribution in [0.15, 0.2) is 0 Å². The van der Waals surface area contributed by atoms with Gasteiger partial charge in [0.2, 0.25) is 0 Å². The first kappa shape index (κ1) is 14.8. The lowest BCUT2D eigenvalue weighted by atomic mass is 10.1. The Labute approximate surface area is 102 Å². The van der Waals surface area contributed by atoms with Crippen molar-refractivity contribution in [2.75, 3.05) is 0 Å². The van der Waals surface area contributed by atoms with Crippen LogP contribution in [0.4, 0.5) is 0 Å². The van der Waals surface area contributed by atoms with Crippen molar-refractivity contribution >= 4 is 37.2 Å². The normalized spacial score (nSPS) is 15.2. The van der Waals surface area contributed by atoms with E-state index in [-0.39, 0.29) is 11.8 Å². The Bertz CT molecular complexity index is 215. The third kappa shape index (κ3) is 4.93. The van der Waals surface area contributed by atoms with Crippen molar-refractivity contribution < 1.29 is 14.3 Å². The van der Waals surface area contributed by atoms with Gasteiger partial charge in [0.25, 0.3) is 0 Å². The summed E-state index contributed by atoms with van der Waals surface area (Å²) in [7, 11) is 0. The highest BCUT2D eigenvalue weighted by Crippen LogP contribution is 2.14. The van der Waals surface area contributed by atoms with E-state index in [1.165, 1.54) is 0 Å². The number of hydrogen-bond acceptors (Lipinski definition) is 5. The Hall–Kier alpha value is -0.160. The molecular formula is C10H18O3S2. The van der Waals surface area contributed by atoms with Crippen LogP contribution >= 0.6 is 25.3 Å². The molecule has 0 N–H and O–H groups in total. The summed E-state index contributed by atoms with van der Waals surface area (Å²) in [6.07, 6.45) is 0. The molecule has 2 unspecified atom stereocenters. The molecule has 0 fully saturated rings. The van der Waals surface area contributed by atoms with Gasteiger partial charge < -0.3 is 4.74 Å². The molecule has 0 aromatic rings. The summed E-state index contributed by atoms with van der Waals surface area (Å²) < 4.78 is 4.67. The fourth-order valence-corrected chi connectivity index (χ4v) is 0.870. The monoisotopic (exact) mass is 250 g/mol. The molecule has 0 aliphatic heterocycles. The van der Waals surface area contributed by atoms with Crippen LogP contribution in [0.5, 0.6) is 0 Å². The van der Waals surface area contributed by atoms with Crippen LogP contribution < -0.4 is 0 Å². The minimum Gasteiger partial charge on any atom is -0.391 e. The number of carbonyl (C=O) groups is 2. The summed E-state index contributed by atoms with van der Waals surface area (Å²) in [5, 5.41) is -1.14. The number of esters is 2. The largest absolute Gasteiger partial charge is 0.391 e. The van der Waals surface area contributed by atoms with Gasteiger partial charge in [-0.1, -0.05) is 27.7 Å². The van der Waals surface area contributed by atoms with E-state index in [1.54, 1.807) is 0 Å². The molecule has 0 heterocycles. The number of rotatable bonds is 4. The highest BCUT2D eigenvalue weighted by atomic mass is 32.1. The number of ether oxygens (including phenoxy) is 1. The van der Waals surface area contributed by atoms with Crippen molar-refractivity contribution in [3.63, 3.8) is 0 Å². The molecule has 5 heteroatoms. The van der Waals surface area contributed by atoms with Gasteiger partial charge >= 0.3 is 11.9 Å². The molecule has 0 bridgehead atoms. The molecule has 2 atom stereocenters. The number of thiol groups is 2. The maximum absolute atomic E-state index is 11.4. The lowest BCUT2D eigenvalue weighted by Crippen LogP contribution is -2.31. The van der Waals surface area contributed by atoms with Crippen LogP contribution in [0.25, 0.3) is 0 Å². The molecule has 0 spiro atoms. The quantitative estimate of drug-likeness (QED) is 0.455. The van der Waals surface area contributed by atoms with Gasteiger partial charge in [0, 0.05) is 0 Å².